The van der Waals surface area contributed by atoms with Crippen LogP contribution >= 0.6 is 0 Å². The van der Waals surface area contributed by atoms with E-state index in [1.807, 2.05) is 11.0 Å². The van der Waals surface area contributed by atoms with Crippen LogP contribution in [0.25, 0.3) is 0 Å². The number of nitrogens with one attached hydrogen (secondary N) is 1. The quantitative estimate of drug-likeness (QED) is 0.735. The normalized spacial score (nSPS) is 19.8. The number of anilines is 1. The minimum Gasteiger partial charge on any atom is -0.353 e. The molecule has 3 heterocycles. The molecule has 2 saturated heterocycles. The van der Waals surface area contributed by atoms with Crippen molar-refractivity contribution in [1.29, 1.82) is 5.26 Å². The number of carbonyl (C=O) groups excluding carboxylic acids is 1. The number of hydrogen-bond donors (Lipinski definition) is 1. The molecule has 1 atom stereocenters. The van der Waals surface area contributed by atoms with Gasteiger partial charge in [-0.05, 0) is 62.9 Å². The number of urea groups is 1. The number of carbonyl (C=O) groups is 1. The third-order valence-corrected chi connectivity index (χ3v) is 6.87. The van der Waals surface area contributed by atoms with E-state index >= 15 is 0 Å². The van der Waals surface area contributed by atoms with E-state index in [4.69, 9.17) is 5.26 Å². The van der Waals surface area contributed by atoms with Gasteiger partial charge >= 0.3 is 6.03 Å². The van der Waals surface area contributed by atoms with E-state index < -0.39 is 0 Å². The SMILES string of the molecule is C[C@@H]1CN(c2ccc(C#N)cn2)CCN1C(=O)NCCC1CCN(Cc2ccccc2)CC1. The van der Waals surface area contributed by atoms with Gasteiger partial charge in [-0.2, -0.15) is 5.26 Å². The number of pyridine rings is 1. The monoisotopic (exact) mass is 446 g/mol. The zero-order valence-corrected chi connectivity index (χ0v) is 19.5. The highest BCUT2D eigenvalue weighted by atomic mass is 16.2. The Morgan fingerprint density at radius 3 is 2.58 bits per heavy atom. The van der Waals surface area contributed by atoms with Crippen LogP contribution in [0, 0.1) is 17.2 Å². The summed E-state index contributed by atoms with van der Waals surface area (Å²) in [5.74, 6) is 1.55. The van der Waals surface area contributed by atoms with Gasteiger partial charge in [-0.25, -0.2) is 9.78 Å². The van der Waals surface area contributed by atoms with Gasteiger partial charge in [0.15, 0.2) is 0 Å². The molecule has 0 saturated carbocycles. The van der Waals surface area contributed by atoms with Crippen LogP contribution in [-0.2, 0) is 6.54 Å². The lowest BCUT2D eigenvalue weighted by atomic mass is 9.93. The average molecular weight is 447 g/mol. The summed E-state index contributed by atoms with van der Waals surface area (Å²) in [5.41, 5.74) is 1.94. The first-order valence-electron chi connectivity index (χ1n) is 12.0. The van der Waals surface area contributed by atoms with Crippen LogP contribution in [0.3, 0.4) is 0 Å². The van der Waals surface area contributed by atoms with Crippen LogP contribution in [-0.4, -0.2) is 66.1 Å². The van der Waals surface area contributed by atoms with Crippen molar-refractivity contribution < 1.29 is 4.79 Å². The van der Waals surface area contributed by atoms with Crippen LogP contribution in [0.1, 0.15) is 37.3 Å². The Morgan fingerprint density at radius 2 is 1.91 bits per heavy atom. The topological polar surface area (TPSA) is 75.5 Å². The van der Waals surface area contributed by atoms with Gasteiger partial charge in [0.25, 0.3) is 0 Å². The largest absolute Gasteiger partial charge is 0.353 e. The Balaban J connectivity index is 1.15. The summed E-state index contributed by atoms with van der Waals surface area (Å²) in [4.78, 5) is 23.8. The van der Waals surface area contributed by atoms with Crippen molar-refractivity contribution >= 4 is 11.8 Å². The molecule has 7 heteroatoms. The second kappa shape index (κ2) is 11.2. The molecule has 2 aliphatic rings. The Hall–Kier alpha value is -3.11. The Kier molecular flexibility index (Phi) is 7.79. The summed E-state index contributed by atoms with van der Waals surface area (Å²) in [6.45, 7) is 8.29. The van der Waals surface area contributed by atoms with E-state index in [-0.39, 0.29) is 12.1 Å². The second-order valence-corrected chi connectivity index (χ2v) is 9.23. The maximum Gasteiger partial charge on any atom is 0.317 e. The van der Waals surface area contributed by atoms with E-state index in [1.165, 1.54) is 18.4 Å². The van der Waals surface area contributed by atoms with Gasteiger partial charge in [-0.15, -0.1) is 0 Å². The summed E-state index contributed by atoms with van der Waals surface area (Å²) in [5, 5.41) is 12.1. The first-order valence-corrected chi connectivity index (χ1v) is 12.0. The van der Waals surface area contributed by atoms with Crippen LogP contribution < -0.4 is 10.2 Å². The van der Waals surface area contributed by atoms with E-state index in [0.29, 0.717) is 18.0 Å². The average Bonchev–Trinajstić information content (AvgIpc) is 2.85. The highest BCUT2D eigenvalue weighted by molar-refractivity contribution is 5.75. The molecule has 0 unspecified atom stereocenters. The number of benzene rings is 1. The predicted molar refractivity (Wildman–Crippen MR) is 130 cm³/mol. The smallest absolute Gasteiger partial charge is 0.317 e. The molecule has 2 aromatic rings. The first kappa shape index (κ1) is 23.1. The molecule has 4 rings (SSSR count). The zero-order chi connectivity index (χ0) is 23.0. The molecule has 2 amide bonds. The number of nitrogens with zero attached hydrogens (tertiary/aromatic N) is 5. The number of nitriles is 1. The molecule has 7 nitrogen and oxygen atoms in total. The Labute approximate surface area is 197 Å². The Bertz CT molecular complexity index is 934. The summed E-state index contributed by atoms with van der Waals surface area (Å²) in [6, 6.07) is 16.6. The molecular weight excluding hydrogens is 412 g/mol. The lowest BCUT2D eigenvalue weighted by molar-refractivity contribution is 0.162. The maximum atomic E-state index is 12.8. The van der Waals surface area contributed by atoms with Gasteiger partial charge in [0.05, 0.1) is 5.56 Å². The van der Waals surface area contributed by atoms with Crippen molar-refractivity contribution in [3.05, 3.63) is 59.8 Å². The molecule has 0 radical (unpaired) electrons. The predicted octanol–water partition coefficient (Wildman–Crippen LogP) is 3.48. The zero-order valence-electron chi connectivity index (χ0n) is 19.5. The number of piperidine rings is 1. The van der Waals surface area contributed by atoms with E-state index in [2.05, 4.69) is 63.4 Å². The molecular formula is C26H34N6O. The number of aromatic nitrogens is 1. The minimum atomic E-state index is 0.0384. The van der Waals surface area contributed by atoms with Crippen molar-refractivity contribution in [3.8, 4) is 6.07 Å². The summed E-state index contributed by atoms with van der Waals surface area (Å²) >= 11 is 0. The number of piperazine rings is 1. The molecule has 2 fully saturated rings. The van der Waals surface area contributed by atoms with Crippen LogP contribution in [0.5, 0.6) is 0 Å². The number of likely N-dealkylation sites (tertiary alicyclic amines) is 1. The molecule has 0 aliphatic carbocycles. The second-order valence-electron chi connectivity index (χ2n) is 9.23. The highest BCUT2D eigenvalue weighted by Gasteiger charge is 2.28. The molecule has 33 heavy (non-hydrogen) atoms. The molecule has 1 N–H and O–H groups in total. The third kappa shape index (κ3) is 6.23. The first-order chi connectivity index (χ1) is 16.1. The molecule has 1 aromatic heterocycles. The molecule has 1 aromatic carbocycles. The molecule has 2 aliphatic heterocycles. The van der Waals surface area contributed by atoms with Crippen LogP contribution in [0.15, 0.2) is 48.7 Å². The fourth-order valence-corrected chi connectivity index (χ4v) is 4.87. The fraction of sp³-hybridized carbons (Fsp3) is 0.500. The van der Waals surface area contributed by atoms with Crippen molar-refractivity contribution in [2.75, 3.05) is 44.2 Å². The van der Waals surface area contributed by atoms with Crippen molar-refractivity contribution in [1.82, 2.24) is 20.1 Å². The van der Waals surface area contributed by atoms with Gasteiger partial charge < -0.3 is 15.1 Å². The third-order valence-electron chi connectivity index (χ3n) is 6.87. The number of rotatable bonds is 6. The van der Waals surface area contributed by atoms with Crippen LogP contribution in [0.4, 0.5) is 10.6 Å². The van der Waals surface area contributed by atoms with Gasteiger partial charge in [0.2, 0.25) is 0 Å². The number of amides is 2. The maximum absolute atomic E-state index is 12.8. The van der Waals surface area contributed by atoms with Gasteiger partial charge in [0, 0.05) is 45.0 Å². The molecule has 0 spiro atoms. The molecule has 174 valence electrons. The standard InChI is InChI=1S/C26H34N6O/c1-21-19-31(25-8-7-24(17-27)18-29-25)15-16-32(21)26(33)28-12-9-22-10-13-30(14-11-22)20-23-5-3-2-4-6-23/h2-8,18,21-22H,9-16,19-20H2,1H3,(H,28,33)/t21-/m1/s1. The van der Waals surface area contributed by atoms with E-state index in [9.17, 15) is 4.79 Å². The Morgan fingerprint density at radius 1 is 1.12 bits per heavy atom. The van der Waals surface area contributed by atoms with Crippen molar-refractivity contribution in [3.63, 3.8) is 0 Å². The van der Waals surface area contributed by atoms with Gasteiger partial charge in [-0.3, -0.25) is 4.90 Å². The van der Waals surface area contributed by atoms with Gasteiger partial charge in [0.1, 0.15) is 11.9 Å². The summed E-state index contributed by atoms with van der Waals surface area (Å²) < 4.78 is 0. The highest BCUT2D eigenvalue weighted by Crippen LogP contribution is 2.22. The van der Waals surface area contributed by atoms with Gasteiger partial charge in [-0.1, -0.05) is 30.3 Å². The number of hydrogen-bond acceptors (Lipinski definition) is 5. The minimum absolute atomic E-state index is 0.0384. The summed E-state index contributed by atoms with van der Waals surface area (Å²) in [6.07, 6.45) is 5.06. The lowest BCUT2D eigenvalue weighted by Gasteiger charge is -2.40. The fourth-order valence-electron chi connectivity index (χ4n) is 4.87. The van der Waals surface area contributed by atoms with Crippen molar-refractivity contribution in [2.45, 2.75) is 38.8 Å². The van der Waals surface area contributed by atoms with Crippen LogP contribution in [0.2, 0.25) is 0 Å². The van der Waals surface area contributed by atoms with Crippen molar-refractivity contribution in [2.24, 2.45) is 5.92 Å². The summed E-state index contributed by atoms with van der Waals surface area (Å²) in [7, 11) is 0. The van der Waals surface area contributed by atoms with E-state index in [1.54, 1.807) is 12.3 Å². The molecule has 0 bridgehead atoms. The van der Waals surface area contributed by atoms with E-state index in [0.717, 1.165) is 51.5 Å². The lowest BCUT2D eigenvalue weighted by Crippen LogP contribution is -2.57.